The summed E-state index contributed by atoms with van der Waals surface area (Å²) in [5.74, 6) is -2.55. The number of nitrogens with one attached hydrogen (secondary N) is 1. The maximum absolute atomic E-state index is 14.2. The monoisotopic (exact) mass is 505 g/mol. The molecule has 0 spiro atoms. The minimum absolute atomic E-state index is 0. The largest absolute Gasteiger partial charge is 0.313 e. The van der Waals surface area contributed by atoms with Crippen molar-refractivity contribution >= 4 is 56.2 Å². The summed E-state index contributed by atoms with van der Waals surface area (Å²) in [5.41, 5.74) is 2.36. The minimum atomic E-state index is -0.878. The number of thiophene rings is 1. The molecule has 0 saturated heterocycles. The van der Waals surface area contributed by atoms with Gasteiger partial charge in [0.05, 0.1) is 10.2 Å². The van der Waals surface area contributed by atoms with Gasteiger partial charge in [-0.1, -0.05) is 18.2 Å². The van der Waals surface area contributed by atoms with Crippen molar-refractivity contribution in [1.82, 2.24) is 9.88 Å². The SMILES string of the molecule is CC(C)N1CCc2c(sc(NC(=O)c3c(F)cccc3F)c2-c2nc3ccccc3s2)C1.Cl. The summed E-state index contributed by atoms with van der Waals surface area (Å²) in [6.07, 6.45) is 0.833. The smallest absolute Gasteiger partial charge is 0.262 e. The normalized spacial score (nSPS) is 13.7. The lowest BCUT2D eigenvalue weighted by atomic mass is 10.0. The van der Waals surface area contributed by atoms with Crippen molar-refractivity contribution in [2.45, 2.75) is 32.9 Å². The molecule has 0 radical (unpaired) electrons. The van der Waals surface area contributed by atoms with Gasteiger partial charge < -0.3 is 5.32 Å². The van der Waals surface area contributed by atoms with Crippen molar-refractivity contribution in [3.8, 4) is 10.6 Å². The number of para-hydroxylation sites is 1. The molecule has 0 unspecified atom stereocenters. The molecule has 0 fully saturated rings. The molecule has 33 heavy (non-hydrogen) atoms. The van der Waals surface area contributed by atoms with Crippen LogP contribution in [0.15, 0.2) is 42.5 Å². The molecule has 3 heterocycles. The summed E-state index contributed by atoms with van der Waals surface area (Å²) in [4.78, 5) is 21.2. The Morgan fingerprint density at radius 1 is 1.09 bits per heavy atom. The van der Waals surface area contributed by atoms with Gasteiger partial charge in [-0.05, 0) is 50.1 Å². The Balaban J connectivity index is 0.00000259. The molecule has 4 aromatic rings. The zero-order chi connectivity index (χ0) is 22.4. The second-order valence-electron chi connectivity index (χ2n) is 8.06. The highest BCUT2D eigenvalue weighted by molar-refractivity contribution is 7.23. The lowest BCUT2D eigenvalue weighted by Gasteiger charge is -2.30. The van der Waals surface area contributed by atoms with Crippen molar-refractivity contribution in [3.05, 3.63) is 70.1 Å². The maximum atomic E-state index is 14.2. The van der Waals surface area contributed by atoms with E-state index in [1.54, 1.807) is 11.3 Å². The van der Waals surface area contributed by atoms with E-state index in [1.807, 2.05) is 24.3 Å². The van der Waals surface area contributed by atoms with E-state index in [2.05, 4.69) is 24.1 Å². The number of benzene rings is 2. The molecule has 2 aromatic carbocycles. The van der Waals surface area contributed by atoms with Gasteiger partial charge in [0.25, 0.3) is 5.91 Å². The van der Waals surface area contributed by atoms with E-state index in [-0.39, 0.29) is 12.4 Å². The van der Waals surface area contributed by atoms with Crippen LogP contribution in [-0.2, 0) is 13.0 Å². The molecule has 0 bridgehead atoms. The van der Waals surface area contributed by atoms with Gasteiger partial charge in [-0.15, -0.1) is 35.1 Å². The van der Waals surface area contributed by atoms with E-state index in [9.17, 15) is 13.6 Å². The fraction of sp³-hybridized carbons (Fsp3) is 0.250. The predicted octanol–water partition coefficient (Wildman–Crippen LogP) is 6.74. The van der Waals surface area contributed by atoms with Gasteiger partial charge in [0, 0.05) is 29.6 Å². The first-order chi connectivity index (χ1) is 15.4. The third-order valence-electron chi connectivity index (χ3n) is 5.74. The Morgan fingerprint density at radius 2 is 1.82 bits per heavy atom. The number of halogens is 3. The number of fused-ring (bicyclic) bond motifs is 2. The number of carbonyl (C=O) groups excluding carboxylic acids is 1. The Labute approximate surface area is 204 Å². The van der Waals surface area contributed by atoms with Gasteiger partial charge in [0.1, 0.15) is 27.2 Å². The zero-order valence-electron chi connectivity index (χ0n) is 18.0. The fourth-order valence-electron chi connectivity index (χ4n) is 4.04. The quantitative estimate of drug-likeness (QED) is 0.334. The number of thiazole rings is 1. The highest BCUT2D eigenvalue weighted by Gasteiger charge is 2.29. The lowest BCUT2D eigenvalue weighted by Crippen LogP contribution is -2.35. The van der Waals surface area contributed by atoms with Crippen LogP contribution in [0.3, 0.4) is 0 Å². The van der Waals surface area contributed by atoms with Crippen molar-refractivity contribution in [2.75, 3.05) is 11.9 Å². The molecule has 4 nitrogen and oxygen atoms in total. The average Bonchev–Trinajstić information content (AvgIpc) is 3.33. The lowest BCUT2D eigenvalue weighted by molar-refractivity contribution is 0.101. The molecule has 172 valence electrons. The summed E-state index contributed by atoms with van der Waals surface area (Å²) in [6, 6.07) is 11.7. The van der Waals surface area contributed by atoms with E-state index in [0.717, 1.165) is 62.9 Å². The predicted molar refractivity (Wildman–Crippen MR) is 134 cm³/mol. The van der Waals surface area contributed by atoms with Crippen molar-refractivity contribution < 1.29 is 13.6 Å². The summed E-state index contributed by atoms with van der Waals surface area (Å²) in [7, 11) is 0. The zero-order valence-corrected chi connectivity index (χ0v) is 20.5. The molecule has 0 aliphatic carbocycles. The molecular weight excluding hydrogens is 484 g/mol. The van der Waals surface area contributed by atoms with Crippen LogP contribution in [0.1, 0.15) is 34.6 Å². The van der Waals surface area contributed by atoms with Gasteiger partial charge in [0.2, 0.25) is 0 Å². The van der Waals surface area contributed by atoms with Gasteiger partial charge in [-0.3, -0.25) is 9.69 Å². The van der Waals surface area contributed by atoms with E-state index in [0.29, 0.717) is 11.0 Å². The van der Waals surface area contributed by atoms with Crippen LogP contribution in [0.4, 0.5) is 13.8 Å². The topological polar surface area (TPSA) is 45.2 Å². The Hall–Kier alpha value is -2.39. The van der Waals surface area contributed by atoms with Crippen molar-refractivity contribution in [2.24, 2.45) is 0 Å². The first kappa shape index (κ1) is 23.8. The van der Waals surface area contributed by atoms with E-state index >= 15 is 0 Å². The van der Waals surface area contributed by atoms with Crippen LogP contribution in [0.25, 0.3) is 20.8 Å². The first-order valence-corrected chi connectivity index (χ1v) is 12.1. The van der Waals surface area contributed by atoms with Crippen molar-refractivity contribution in [1.29, 1.82) is 0 Å². The molecule has 1 amide bonds. The Bertz CT molecular complexity index is 1280. The number of carbonyl (C=O) groups is 1. The number of anilines is 1. The van der Waals surface area contributed by atoms with Crippen LogP contribution in [-0.4, -0.2) is 28.4 Å². The van der Waals surface area contributed by atoms with E-state index in [4.69, 9.17) is 4.98 Å². The maximum Gasteiger partial charge on any atom is 0.262 e. The number of hydrogen-bond donors (Lipinski definition) is 1. The molecule has 0 saturated carbocycles. The van der Waals surface area contributed by atoms with Gasteiger partial charge in [-0.2, -0.15) is 0 Å². The number of hydrogen-bond acceptors (Lipinski definition) is 5. The minimum Gasteiger partial charge on any atom is -0.313 e. The number of amides is 1. The van der Waals surface area contributed by atoms with E-state index in [1.165, 1.54) is 17.4 Å². The highest BCUT2D eigenvalue weighted by atomic mass is 35.5. The Morgan fingerprint density at radius 3 is 2.52 bits per heavy atom. The van der Waals surface area contributed by atoms with Crippen LogP contribution in [0, 0.1) is 11.6 Å². The standard InChI is InChI=1S/C24H21F2N3OS2.ClH/c1-13(2)29-11-10-14-19(12-29)32-24(28-22(30)21-15(25)6-5-7-16(21)26)20(14)23-27-17-8-3-4-9-18(17)31-23;/h3-9,13H,10-12H2,1-2H3,(H,28,30);1H. The first-order valence-electron chi connectivity index (χ1n) is 10.4. The third-order valence-corrected chi connectivity index (χ3v) is 7.93. The molecule has 5 rings (SSSR count). The molecule has 9 heteroatoms. The molecule has 2 aromatic heterocycles. The van der Waals surface area contributed by atoms with Gasteiger partial charge in [0.15, 0.2) is 0 Å². The number of aromatic nitrogens is 1. The second-order valence-corrected chi connectivity index (χ2v) is 10.2. The summed E-state index contributed by atoms with van der Waals surface area (Å²) < 4.78 is 29.5. The summed E-state index contributed by atoms with van der Waals surface area (Å²) in [6.45, 7) is 6.02. The van der Waals surface area contributed by atoms with Crippen LogP contribution in [0.2, 0.25) is 0 Å². The van der Waals surface area contributed by atoms with Crippen LogP contribution >= 0.6 is 35.1 Å². The molecule has 1 aliphatic rings. The Kier molecular flexibility index (Phi) is 6.81. The number of nitrogens with zero attached hydrogens (tertiary/aromatic N) is 2. The van der Waals surface area contributed by atoms with E-state index < -0.39 is 23.1 Å². The van der Waals surface area contributed by atoms with Crippen molar-refractivity contribution in [3.63, 3.8) is 0 Å². The van der Waals surface area contributed by atoms with Gasteiger partial charge in [-0.25, -0.2) is 13.8 Å². The van der Waals surface area contributed by atoms with Crippen LogP contribution in [0.5, 0.6) is 0 Å². The second kappa shape index (κ2) is 9.46. The highest BCUT2D eigenvalue weighted by Crippen LogP contribution is 2.46. The summed E-state index contributed by atoms with van der Waals surface area (Å²) >= 11 is 3.03. The fourth-order valence-corrected chi connectivity index (χ4v) is 6.42. The molecule has 1 aliphatic heterocycles. The molecule has 1 N–H and O–H groups in total. The van der Waals surface area contributed by atoms with Crippen LogP contribution < -0.4 is 5.32 Å². The average molecular weight is 506 g/mol. The third kappa shape index (κ3) is 4.40. The summed E-state index contributed by atoms with van der Waals surface area (Å²) in [5, 5.41) is 4.20. The number of rotatable bonds is 4. The molecule has 0 atom stereocenters. The molecular formula is C24H22ClF2N3OS2. The van der Waals surface area contributed by atoms with Gasteiger partial charge >= 0.3 is 0 Å².